The van der Waals surface area contributed by atoms with Crippen LogP contribution in [0.5, 0.6) is 0 Å². The summed E-state index contributed by atoms with van der Waals surface area (Å²) in [5.74, 6) is 1.14. The molecule has 0 N–H and O–H groups in total. The van der Waals surface area contributed by atoms with Gasteiger partial charge in [-0.2, -0.15) is 0 Å². The normalized spacial score (nSPS) is 22.0. The first-order chi connectivity index (χ1) is 11.2. The molecule has 0 bridgehead atoms. The van der Waals surface area contributed by atoms with E-state index in [1.807, 2.05) is 4.90 Å². The van der Waals surface area contributed by atoms with Crippen LogP contribution in [0.25, 0.3) is 10.2 Å². The number of carbonyl (C=O) groups is 1. The number of anilines is 1. The van der Waals surface area contributed by atoms with E-state index in [-0.39, 0.29) is 12.0 Å². The van der Waals surface area contributed by atoms with Crippen molar-refractivity contribution >= 4 is 33.3 Å². The molecular formula is C16H20N4O2S. The van der Waals surface area contributed by atoms with Gasteiger partial charge in [-0.1, -0.05) is 0 Å². The van der Waals surface area contributed by atoms with Crippen LogP contribution in [0.4, 0.5) is 5.82 Å². The Morgan fingerprint density at radius 2 is 2.13 bits per heavy atom. The van der Waals surface area contributed by atoms with Crippen LogP contribution in [0.3, 0.4) is 0 Å². The number of rotatable bonds is 2. The fourth-order valence-corrected chi connectivity index (χ4v) is 4.17. The molecule has 122 valence electrons. The predicted molar refractivity (Wildman–Crippen MR) is 89.9 cm³/mol. The highest BCUT2D eigenvalue weighted by Gasteiger charge is 2.30. The lowest BCUT2D eigenvalue weighted by atomic mass is 10.2. The summed E-state index contributed by atoms with van der Waals surface area (Å²) < 4.78 is 5.52. The number of carbonyl (C=O) groups excluding carboxylic acids is 1. The van der Waals surface area contributed by atoms with Crippen molar-refractivity contribution in [1.29, 1.82) is 0 Å². The van der Waals surface area contributed by atoms with E-state index >= 15 is 0 Å². The van der Waals surface area contributed by atoms with Crippen molar-refractivity contribution in [3.05, 3.63) is 17.3 Å². The van der Waals surface area contributed by atoms with E-state index in [4.69, 9.17) is 4.74 Å². The Kier molecular flexibility index (Phi) is 3.90. The maximum absolute atomic E-state index is 12.4. The highest BCUT2D eigenvalue weighted by Crippen LogP contribution is 2.30. The van der Waals surface area contributed by atoms with Gasteiger partial charge in [-0.25, -0.2) is 9.97 Å². The van der Waals surface area contributed by atoms with E-state index in [0.29, 0.717) is 6.61 Å². The molecule has 7 heteroatoms. The molecule has 2 aliphatic heterocycles. The zero-order valence-electron chi connectivity index (χ0n) is 13.2. The average Bonchev–Trinajstić information content (AvgIpc) is 3.22. The van der Waals surface area contributed by atoms with Gasteiger partial charge in [0.15, 0.2) is 0 Å². The Bertz CT molecular complexity index is 718. The minimum absolute atomic E-state index is 0.154. The SMILES string of the molecule is Cc1cc2c(N3CCN(C(=O)[C@H]4CCCO4)CC3)ncnc2s1. The minimum Gasteiger partial charge on any atom is -0.368 e. The number of amides is 1. The van der Waals surface area contributed by atoms with Gasteiger partial charge in [0.2, 0.25) is 0 Å². The number of ether oxygens (including phenoxy) is 1. The number of aryl methyl sites for hydroxylation is 1. The van der Waals surface area contributed by atoms with Crippen molar-refractivity contribution in [2.75, 3.05) is 37.7 Å². The highest BCUT2D eigenvalue weighted by molar-refractivity contribution is 7.18. The second-order valence-electron chi connectivity index (χ2n) is 6.09. The van der Waals surface area contributed by atoms with Crippen LogP contribution in [0.1, 0.15) is 17.7 Å². The number of piperazine rings is 1. The predicted octanol–water partition coefficient (Wildman–Crippen LogP) is 1.83. The fourth-order valence-electron chi connectivity index (χ4n) is 3.33. The van der Waals surface area contributed by atoms with Gasteiger partial charge in [0.25, 0.3) is 5.91 Å². The first-order valence-electron chi connectivity index (χ1n) is 8.09. The van der Waals surface area contributed by atoms with E-state index in [2.05, 4.69) is 27.9 Å². The van der Waals surface area contributed by atoms with Gasteiger partial charge >= 0.3 is 0 Å². The summed E-state index contributed by atoms with van der Waals surface area (Å²) in [7, 11) is 0. The van der Waals surface area contributed by atoms with Gasteiger partial charge in [-0.05, 0) is 25.8 Å². The number of hydrogen-bond acceptors (Lipinski definition) is 6. The lowest BCUT2D eigenvalue weighted by Crippen LogP contribution is -2.51. The maximum atomic E-state index is 12.4. The Morgan fingerprint density at radius 1 is 1.30 bits per heavy atom. The molecule has 0 spiro atoms. The summed E-state index contributed by atoms with van der Waals surface area (Å²) in [5, 5.41) is 1.12. The standard InChI is InChI=1S/C16H20N4O2S/c1-11-9-12-14(17-10-18-15(12)23-11)19-4-6-20(7-5-19)16(21)13-3-2-8-22-13/h9-10,13H,2-8H2,1H3/t13-/m1/s1. The van der Waals surface area contributed by atoms with Gasteiger partial charge in [0, 0.05) is 37.7 Å². The summed E-state index contributed by atoms with van der Waals surface area (Å²) in [6, 6.07) is 2.15. The third-order valence-corrected chi connectivity index (χ3v) is 5.49. The molecule has 6 nitrogen and oxygen atoms in total. The highest BCUT2D eigenvalue weighted by atomic mass is 32.1. The summed E-state index contributed by atoms with van der Waals surface area (Å²) in [6.45, 7) is 5.88. The minimum atomic E-state index is -0.216. The number of nitrogens with zero attached hydrogens (tertiary/aromatic N) is 4. The van der Waals surface area contributed by atoms with Crippen molar-refractivity contribution < 1.29 is 9.53 Å². The van der Waals surface area contributed by atoms with Crippen molar-refractivity contribution in [2.45, 2.75) is 25.9 Å². The van der Waals surface area contributed by atoms with Crippen LogP contribution in [-0.4, -0.2) is 59.7 Å². The Morgan fingerprint density at radius 3 is 2.87 bits per heavy atom. The van der Waals surface area contributed by atoms with Crippen LogP contribution in [-0.2, 0) is 9.53 Å². The van der Waals surface area contributed by atoms with Crippen LogP contribution < -0.4 is 4.90 Å². The second kappa shape index (κ2) is 6.05. The monoisotopic (exact) mass is 332 g/mol. The first-order valence-corrected chi connectivity index (χ1v) is 8.90. The van der Waals surface area contributed by atoms with Gasteiger partial charge < -0.3 is 14.5 Å². The van der Waals surface area contributed by atoms with E-state index in [1.54, 1.807) is 17.7 Å². The van der Waals surface area contributed by atoms with E-state index < -0.39 is 0 Å². The van der Waals surface area contributed by atoms with Crippen LogP contribution in [0.15, 0.2) is 12.4 Å². The molecule has 2 fully saturated rings. The zero-order chi connectivity index (χ0) is 15.8. The second-order valence-corrected chi connectivity index (χ2v) is 7.32. The molecule has 2 aliphatic rings. The van der Waals surface area contributed by atoms with Crippen LogP contribution >= 0.6 is 11.3 Å². The van der Waals surface area contributed by atoms with Crippen LogP contribution in [0.2, 0.25) is 0 Å². The molecule has 0 saturated carbocycles. The van der Waals surface area contributed by atoms with Crippen molar-refractivity contribution in [3.63, 3.8) is 0 Å². The van der Waals surface area contributed by atoms with Crippen molar-refractivity contribution in [2.24, 2.45) is 0 Å². The topological polar surface area (TPSA) is 58.6 Å². The summed E-state index contributed by atoms with van der Waals surface area (Å²) in [4.78, 5) is 27.7. The zero-order valence-corrected chi connectivity index (χ0v) is 14.0. The van der Waals surface area contributed by atoms with E-state index in [0.717, 1.165) is 55.1 Å². The van der Waals surface area contributed by atoms with Gasteiger partial charge in [0.1, 0.15) is 23.1 Å². The molecular weight excluding hydrogens is 312 g/mol. The number of fused-ring (bicyclic) bond motifs is 1. The van der Waals surface area contributed by atoms with Gasteiger partial charge in [-0.3, -0.25) is 4.79 Å². The van der Waals surface area contributed by atoms with Gasteiger partial charge in [-0.15, -0.1) is 11.3 Å². The summed E-state index contributed by atoms with van der Waals surface area (Å²) in [6.07, 6.45) is 3.27. The third-order valence-electron chi connectivity index (χ3n) is 4.53. The lowest BCUT2D eigenvalue weighted by Gasteiger charge is -2.36. The third kappa shape index (κ3) is 2.79. The van der Waals surface area contributed by atoms with E-state index in [9.17, 15) is 4.79 Å². The van der Waals surface area contributed by atoms with Crippen LogP contribution in [0, 0.1) is 6.92 Å². The largest absolute Gasteiger partial charge is 0.368 e. The van der Waals surface area contributed by atoms with E-state index in [1.165, 1.54) is 4.88 Å². The molecule has 4 heterocycles. The average molecular weight is 332 g/mol. The Labute approximate surface area is 139 Å². The molecule has 2 saturated heterocycles. The summed E-state index contributed by atoms with van der Waals surface area (Å²) >= 11 is 1.69. The van der Waals surface area contributed by atoms with Crippen molar-refractivity contribution in [1.82, 2.24) is 14.9 Å². The molecule has 4 rings (SSSR count). The molecule has 0 aliphatic carbocycles. The molecule has 2 aromatic heterocycles. The molecule has 23 heavy (non-hydrogen) atoms. The fraction of sp³-hybridized carbons (Fsp3) is 0.562. The molecule has 1 atom stereocenters. The maximum Gasteiger partial charge on any atom is 0.251 e. The molecule has 0 radical (unpaired) electrons. The molecule has 0 unspecified atom stereocenters. The Balaban J connectivity index is 1.47. The molecule has 2 aromatic rings. The Hall–Kier alpha value is -1.73. The van der Waals surface area contributed by atoms with Gasteiger partial charge in [0.05, 0.1) is 5.39 Å². The molecule has 1 amide bonds. The number of hydrogen-bond donors (Lipinski definition) is 0. The molecule has 0 aromatic carbocycles. The van der Waals surface area contributed by atoms with Crippen molar-refractivity contribution in [3.8, 4) is 0 Å². The smallest absolute Gasteiger partial charge is 0.251 e. The summed E-state index contributed by atoms with van der Waals surface area (Å²) in [5.41, 5.74) is 0. The number of aromatic nitrogens is 2. The lowest BCUT2D eigenvalue weighted by molar-refractivity contribution is -0.141. The first kappa shape index (κ1) is 14.8. The number of thiophene rings is 1. The quantitative estimate of drug-likeness (QED) is 0.840.